The molecule has 0 aromatic rings. The van der Waals surface area contributed by atoms with Gasteiger partial charge in [0, 0.05) is 52.1 Å². The van der Waals surface area contributed by atoms with Gasteiger partial charge in [0.1, 0.15) is 0 Å². The van der Waals surface area contributed by atoms with E-state index in [2.05, 4.69) is 27.7 Å². The van der Waals surface area contributed by atoms with Crippen molar-refractivity contribution in [3.05, 3.63) is 0 Å². The number of carbonyl (C=O) groups is 4. The normalized spacial score (nSPS) is 10.6. The Kier molecular flexibility index (Phi) is 102. The van der Waals surface area contributed by atoms with Gasteiger partial charge < -0.3 is 30.0 Å². The van der Waals surface area contributed by atoms with Crippen molar-refractivity contribution in [2.75, 3.05) is 0 Å². The summed E-state index contributed by atoms with van der Waals surface area (Å²) in [6.07, 6.45) is 80.1. The summed E-state index contributed by atoms with van der Waals surface area (Å²) in [6, 6.07) is 0. The predicted octanol–water partition coefficient (Wildman–Crippen LogP) is 22.3. The minimum atomic E-state index is -0.903. The number of rotatable bonds is 64. The maximum absolute atomic E-state index is 10.3. The molecule has 0 spiro atoms. The third-order valence-corrected chi connectivity index (χ3v) is 16.0. The van der Waals surface area contributed by atoms with E-state index in [-0.39, 0.29) is 77.9 Å². The molecule has 0 rings (SSSR count). The van der Waals surface area contributed by atoms with E-state index < -0.39 is 23.9 Å². The Hall–Kier alpha value is 0.0618. The number of carboxylic acid groups (broad SMARTS) is 4. The van der Waals surface area contributed by atoms with Gasteiger partial charge in [-0.05, 0) is 38.5 Å². The fraction of sp³-hybridized carbons (Fsp3) is 0.944. The van der Waals surface area contributed by atoms with Gasteiger partial charge in [-0.2, -0.15) is 0 Å². The van der Waals surface area contributed by atoms with Gasteiger partial charge in [0.2, 0.25) is 0 Å². The molecule has 0 aliphatic carbocycles. The van der Waals surface area contributed by atoms with Crippen molar-refractivity contribution >= 4 is 61.6 Å². The van der Waals surface area contributed by atoms with Crippen LogP contribution < -0.4 is 10.2 Å². The largest absolute Gasteiger partial charge is 2.00 e. The maximum atomic E-state index is 10.3. The third kappa shape index (κ3) is 108. The van der Waals surface area contributed by atoms with Crippen LogP contribution in [0.3, 0.4) is 0 Å². The van der Waals surface area contributed by atoms with Gasteiger partial charge in [-0.1, -0.05) is 387 Å². The molecule has 0 fully saturated rings. The third-order valence-electron chi connectivity index (χ3n) is 16.0. The number of unbranched alkanes of at least 4 members (excludes halogenated alkanes) is 56. The molecule has 82 heavy (non-hydrogen) atoms. The topological polar surface area (TPSA) is 155 Å². The van der Waals surface area contributed by atoms with E-state index >= 15 is 0 Å². The second kappa shape index (κ2) is 89.8. The molecule has 0 radical (unpaired) electrons. The van der Waals surface area contributed by atoms with Gasteiger partial charge >= 0.3 is 49.7 Å². The van der Waals surface area contributed by atoms with Crippen molar-refractivity contribution < 1.29 is 66.9 Å². The number of carbonyl (C=O) groups excluding carboxylic acids is 2. The van der Waals surface area contributed by atoms with E-state index in [9.17, 15) is 29.4 Å². The summed E-state index contributed by atoms with van der Waals surface area (Å²) in [6.45, 7) is 9.07. The summed E-state index contributed by atoms with van der Waals surface area (Å²) in [5, 5.41) is 37.5. The van der Waals surface area contributed by atoms with Crippen LogP contribution in [0.5, 0.6) is 0 Å². The molecule has 2 N–H and O–H groups in total. The zero-order valence-corrected chi connectivity index (χ0v) is 62.3. The van der Waals surface area contributed by atoms with E-state index in [4.69, 9.17) is 10.2 Å². The Labute approximate surface area is 562 Å². The smallest absolute Gasteiger partial charge is 0.550 e. The average molecular weight is 1290 g/mol. The van der Waals surface area contributed by atoms with Crippen molar-refractivity contribution in [1.82, 2.24) is 0 Å². The van der Waals surface area contributed by atoms with Crippen molar-refractivity contribution in [3.63, 3.8) is 0 Å². The molecule has 482 valence electrons. The minimum Gasteiger partial charge on any atom is -0.550 e. The molecule has 0 atom stereocenters. The van der Waals surface area contributed by atoms with Crippen molar-refractivity contribution in [3.8, 4) is 0 Å². The molecule has 0 saturated carbocycles. The average Bonchev–Trinajstić information content (AvgIpc) is 3.43. The summed E-state index contributed by atoms with van der Waals surface area (Å²) < 4.78 is 0. The van der Waals surface area contributed by atoms with E-state index in [0.717, 1.165) is 51.4 Å². The molecule has 0 unspecified atom stereocenters. The van der Waals surface area contributed by atoms with Crippen molar-refractivity contribution in [1.29, 1.82) is 0 Å². The molecule has 0 bridgehead atoms. The number of hydrogen-bond donors (Lipinski definition) is 2. The molecule has 0 aromatic heterocycles. The summed E-state index contributed by atoms with van der Waals surface area (Å²) in [5.74, 6) is -3.11. The summed E-state index contributed by atoms with van der Waals surface area (Å²) in [7, 11) is 0. The predicted molar refractivity (Wildman–Crippen MR) is 349 cm³/mol. The molecule has 0 heterocycles. The summed E-state index contributed by atoms with van der Waals surface area (Å²) >= 11 is 0. The van der Waals surface area contributed by atoms with E-state index in [1.807, 2.05) is 0 Å². The number of aliphatic carboxylic acids is 4. The zero-order valence-electron chi connectivity index (χ0n) is 56.0. The van der Waals surface area contributed by atoms with E-state index in [1.165, 1.54) is 334 Å². The Morgan fingerprint density at radius 3 is 0.402 bits per heavy atom. The fourth-order valence-electron chi connectivity index (χ4n) is 10.6. The Morgan fingerprint density at radius 1 is 0.207 bits per heavy atom. The van der Waals surface area contributed by atoms with Crippen LogP contribution in [0.1, 0.15) is 439 Å². The van der Waals surface area contributed by atoms with Crippen molar-refractivity contribution in [2.45, 2.75) is 439 Å². The van der Waals surface area contributed by atoms with Crippen LogP contribution in [-0.2, 0) is 46.5 Å². The maximum Gasteiger partial charge on any atom is 2.00 e. The van der Waals surface area contributed by atoms with Crippen molar-refractivity contribution in [2.24, 2.45) is 0 Å². The fourth-order valence-corrected chi connectivity index (χ4v) is 10.6. The van der Waals surface area contributed by atoms with Crippen LogP contribution in [0.15, 0.2) is 0 Å². The van der Waals surface area contributed by atoms with E-state index in [0.29, 0.717) is 12.8 Å². The van der Waals surface area contributed by atoms with Crippen LogP contribution >= 0.6 is 0 Å². The SMILES string of the molecule is CCCCCCCCCCCCCCCCCC(=O)O.CCCCCCCCCCCCCCCCCC(=O)O.CCCCCCCCCCCCCCCCCC(=O)[O-].CCCCCCCCCCCCCCCCCC(=O)[O-].[Ca+2].[Cd]. The first-order valence-electron chi connectivity index (χ1n) is 35.9. The quantitative estimate of drug-likeness (QED) is 0.0451. The van der Waals surface area contributed by atoms with Gasteiger partial charge in [-0.15, -0.1) is 0 Å². The van der Waals surface area contributed by atoms with E-state index in [1.54, 1.807) is 0 Å². The molecule has 10 heteroatoms. The molecule has 0 aliphatic heterocycles. The molecule has 0 saturated heterocycles. The van der Waals surface area contributed by atoms with Crippen LogP contribution in [0.2, 0.25) is 0 Å². The first-order chi connectivity index (χ1) is 39.1. The van der Waals surface area contributed by atoms with Gasteiger partial charge in [-0.25, -0.2) is 0 Å². The first-order valence-corrected chi connectivity index (χ1v) is 35.9. The summed E-state index contributed by atoms with van der Waals surface area (Å²) in [4.78, 5) is 41.1. The van der Waals surface area contributed by atoms with Crippen LogP contribution in [-0.4, -0.2) is 71.8 Å². The van der Waals surface area contributed by atoms with Crippen LogP contribution in [0.25, 0.3) is 0 Å². The molecule has 8 nitrogen and oxygen atoms in total. The molecular formula is C72H142CaCdO8. The van der Waals surface area contributed by atoms with Gasteiger partial charge in [-0.3, -0.25) is 9.59 Å². The minimum absolute atomic E-state index is 0. The second-order valence-electron chi connectivity index (χ2n) is 24.3. The number of hydrogen-bond acceptors (Lipinski definition) is 6. The van der Waals surface area contributed by atoms with Crippen LogP contribution in [0.4, 0.5) is 0 Å². The summed E-state index contributed by atoms with van der Waals surface area (Å²) in [5.41, 5.74) is 0. The zero-order chi connectivity index (χ0) is 59.6. The van der Waals surface area contributed by atoms with Gasteiger partial charge in [0.25, 0.3) is 0 Å². The molecule has 0 aliphatic rings. The monoisotopic (exact) mass is 1290 g/mol. The van der Waals surface area contributed by atoms with Gasteiger partial charge in [0.15, 0.2) is 0 Å². The Bertz CT molecular complexity index is 998. The number of carboxylic acids is 4. The molecular weight excluding hydrogens is 1150 g/mol. The first kappa shape index (κ1) is 93.2. The second-order valence-corrected chi connectivity index (χ2v) is 24.3. The Morgan fingerprint density at radius 2 is 0.305 bits per heavy atom. The molecule has 0 amide bonds. The van der Waals surface area contributed by atoms with Gasteiger partial charge in [0.05, 0.1) is 0 Å². The standard InChI is InChI=1S/4C18H36O2.Ca.Cd/c4*1-2-3-4-5-6-7-8-9-10-11-12-13-14-15-16-17-18(19)20;;/h4*2-17H2,1H3,(H,19,20);;/q;;;;+2;/p-2. The Balaban J connectivity index is -0.000000233. The van der Waals surface area contributed by atoms with Crippen LogP contribution in [0, 0.1) is 0 Å². The molecule has 0 aromatic carbocycles.